The van der Waals surface area contributed by atoms with Gasteiger partial charge in [0.1, 0.15) is 0 Å². The molecule has 0 aliphatic rings. The molecule has 0 saturated heterocycles. The van der Waals surface area contributed by atoms with Crippen LogP contribution in [0, 0.1) is 12.4 Å². The molecule has 12 heavy (non-hydrogen) atoms. The Bertz CT molecular complexity index is 305. The Labute approximate surface area is 70.9 Å². The van der Waals surface area contributed by atoms with E-state index in [9.17, 15) is 0 Å². The fraction of sp³-hybridized carbons (Fsp3) is 0. The van der Waals surface area contributed by atoms with Crippen molar-refractivity contribution >= 4 is 0 Å². The van der Waals surface area contributed by atoms with Gasteiger partial charge in [0.15, 0.2) is 6.33 Å². The molecule has 1 aromatic heterocycles. The summed E-state index contributed by atoms with van der Waals surface area (Å²) in [4.78, 5) is 7.63. The summed E-state index contributed by atoms with van der Waals surface area (Å²) in [6.07, 6.45) is 5.97. The first kappa shape index (κ1) is 6.98. The molecule has 2 rings (SSSR count). The van der Waals surface area contributed by atoms with E-state index in [0.29, 0.717) is 0 Å². The normalized spacial score (nSPS) is 9.67. The smallest absolute Gasteiger partial charge is 0.197 e. The Morgan fingerprint density at radius 2 is 1.58 bits per heavy atom. The summed E-state index contributed by atoms with van der Waals surface area (Å²) in [6.45, 7) is 0. The minimum atomic E-state index is 1.00. The van der Waals surface area contributed by atoms with Crippen LogP contribution in [0.3, 0.4) is 0 Å². The van der Waals surface area contributed by atoms with E-state index in [4.69, 9.17) is 0 Å². The van der Waals surface area contributed by atoms with Crippen LogP contribution in [0.5, 0.6) is 0 Å². The fourth-order valence-electron chi connectivity index (χ4n) is 0.992. The molecule has 1 aromatic carbocycles. The van der Waals surface area contributed by atoms with Crippen LogP contribution >= 0.6 is 0 Å². The summed E-state index contributed by atoms with van der Waals surface area (Å²) in [5, 5.41) is 0. The van der Waals surface area contributed by atoms with Gasteiger partial charge in [-0.15, -0.1) is 0 Å². The summed E-state index contributed by atoms with van der Waals surface area (Å²) >= 11 is 0. The van der Waals surface area contributed by atoms with Crippen molar-refractivity contribution in [1.29, 1.82) is 0 Å². The molecule has 0 bridgehead atoms. The Morgan fingerprint density at radius 3 is 2.25 bits per heavy atom. The molecule has 0 atom stereocenters. The highest BCUT2D eigenvalue weighted by Gasteiger charge is 1.94. The molecule has 0 aliphatic carbocycles. The van der Waals surface area contributed by atoms with Crippen molar-refractivity contribution in [3.8, 4) is 11.1 Å². The Morgan fingerprint density at radius 1 is 0.917 bits per heavy atom. The lowest BCUT2D eigenvalue weighted by Crippen LogP contribution is -1.81. The first-order chi connectivity index (χ1) is 5.97. The van der Waals surface area contributed by atoms with Gasteiger partial charge in [0.05, 0.1) is 0 Å². The number of rotatable bonds is 1. The molecular weight excluding hydrogens is 148 g/mol. The lowest BCUT2D eigenvalue weighted by Gasteiger charge is -1.96. The average molecular weight is 154 g/mol. The van der Waals surface area contributed by atoms with Gasteiger partial charge < -0.3 is 0 Å². The number of aromatic nitrogens is 2. The highest BCUT2D eigenvalue weighted by molar-refractivity contribution is 5.60. The van der Waals surface area contributed by atoms with Crippen LogP contribution in [0.1, 0.15) is 0 Å². The van der Waals surface area contributed by atoms with Crippen LogP contribution in [0.4, 0.5) is 0 Å². The third kappa shape index (κ3) is 1.32. The fourth-order valence-corrected chi connectivity index (χ4v) is 0.992. The molecule has 56 valence electrons. The first-order valence-corrected chi connectivity index (χ1v) is 3.61. The summed E-state index contributed by atoms with van der Waals surface area (Å²) in [6, 6.07) is 10.6. The molecule has 0 unspecified atom stereocenters. The summed E-state index contributed by atoms with van der Waals surface area (Å²) in [7, 11) is 0. The van der Waals surface area contributed by atoms with Crippen molar-refractivity contribution in [3.05, 3.63) is 49.1 Å². The predicted octanol–water partition coefficient (Wildman–Crippen LogP) is 1.74. The largest absolute Gasteiger partial charge is 0.233 e. The van der Waals surface area contributed by atoms with E-state index < -0.39 is 0 Å². The van der Waals surface area contributed by atoms with E-state index in [-0.39, 0.29) is 0 Å². The minimum Gasteiger partial charge on any atom is -0.233 e. The summed E-state index contributed by atoms with van der Waals surface area (Å²) in [5.74, 6) is 0. The van der Waals surface area contributed by atoms with Crippen molar-refractivity contribution in [2.75, 3.05) is 0 Å². The molecule has 0 N–H and O–H groups in total. The van der Waals surface area contributed by atoms with Crippen LogP contribution in [0.25, 0.3) is 11.1 Å². The van der Waals surface area contributed by atoms with Gasteiger partial charge in [0.25, 0.3) is 0 Å². The molecular formula is C10H6N2. The third-order valence-electron chi connectivity index (χ3n) is 1.57. The highest BCUT2D eigenvalue weighted by Crippen LogP contribution is 2.14. The predicted molar refractivity (Wildman–Crippen MR) is 45.1 cm³/mol. The van der Waals surface area contributed by atoms with Gasteiger partial charge in [-0.1, -0.05) is 24.3 Å². The monoisotopic (exact) mass is 154 g/mol. The van der Waals surface area contributed by atoms with Crippen LogP contribution in [-0.2, 0) is 0 Å². The maximum atomic E-state index is 3.81. The van der Waals surface area contributed by atoms with E-state index in [1.807, 2.05) is 24.3 Å². The zero-order valence-electron chi connectivity index (χ0n) is 6.36. The van der Waals surface area contributed by atoms with Crippen molar-refractivity contribution in [1.82, 2.24) is 9.97 Å². The lowest BCUT2D eigenvalue weighted by molar-refractivity contribution is 1.15. The van der Waals surface area contributed by atoms with Crippen LogP contribution in [-0.4, -0.2) is 9.97 Å². The van der Waals surface area contributed by atoms with Crippen LogP contribution in [0.2, 0.25) is 0 Å². The minimum absolute atomic E-state index is 1.00. The van der Waals surface area contributed by atoms with Crippen molar-refractivity contribution in [2.24, 2.45) is 0 Å². The van der Waals surface area contributed by atoms with Gasteiger partial charge in [0.2, 0.25) is 0 Å². The molecule has 2 aromatic rings. The lowest BCUT2D eigenvalue weighted by atomic mass is 10.1. The maximum absolute atomic E-state index is 3.81. The molecule has 0 amide bonds. The van der Waals surface area contributed by atoms with Gasteiger partial charge >= 0.3 is 0 Å². The third-order valence-corrected chi connectivity index (χ3v) is 1.57. The van der Waals surface area contributed by atoms with E-state index in [1.54, 1.807) is 12.4 Å². The quantitative estimate of drug-likeness (QED) is 0.625. The number of benzene rings is 1. The Balaban J connectivity index is 2.46. The number of nitrogens with zero attached hydrogens (tertiary/aromatic N) is 2. The molecule has 0 saturated carbocycles. The highest BCUT2D eigenvalue weighted by atomic mass is 14.8. The van der Waals surface area contributed by atoms with Gasteiger partial charge in [-0.3, -0.25) is 0 Å². The Kier molecular flexibility index (Phi) is 1.82. The van der Waals surface area contributed by atoms with Gasteiger partial charge in [-0.25, -0.2) is 9.97 Å². The topological polar surface area (TPSA) is 25.8 Å². The van der Waals surface area contributed by atoms with E-state index >= 15 is 0 Å². The molecule has 0 spiro atoms. The molecule has 2 nitrogen and oxygen atoms in total. The molecule has 2 heteroatoms. The Hall–Kier alpha value is -1.70. The number of hydrogen-bond acceptors (Lipinski definition) is 2. The maximum Gasteiger partial charge on any atom is 0.197 e. The van der Waals surface area contributed by atoms with Gasteiger partial charge in [0, 0.05) is 18.0 Å². The SMILES string of the molecule is [c]1ccc(-c2cn[c]nc2)cc1. The van der Waals surface area contributed by atoms with E-state index in [1.165, 1.54) is 0 Å². The first-order valence-electron chi connectivity index (χ1n) is 3.61. The van der Waals surface area contributed by atoms with Crippen LogP contribution < -0.4 is 0 Å². The molecule has 2 radical (unpaired) electrons. The summed E-state index contributed by atoms with van der Waals surface area (Å²) < 4.78 is 0. The summed E-state index contributed by atoms with van der Waals surface area (Å²) in [5.41, 5.74) is 2.10. The van der Waals surface area contributed by atoms with Crippen molar-refractivity contribution in [2.45, 2.75) is 0 Å². The standard InChI is InChI=1S/C10H6N2/c1-2-4-9(5-3-1)10-6-11-8-12-7-10/h2-7H. The average Bonchev–Trinajstić information content (AvgIpc) is 2.21. The van der Waals surface area contributed by atoms with Crippen LogP contribution in [0.15, 0.2) is 36.7 Å². The van der Waals surface area contributed by atoms with E-state index in [2.05, 4.69) is 22.4 Å². The number of hydrogen-bond donors (Lipinski definition) is 0. The van der Waals surface area contributed by atoms with Gasteiger partial charge in [-0.05, 0) is 11.6 Å². The molecule has 1 heterocycles. The zero-order chi connectivity index (χ0) is 8.23. The zero-order valence-corrected chi connectivity index (χ0v) is 6.36. The second-order valence-corrected chi connectivity index (χ2v) is 2.36. The van der Waals surface area contributed by atoms with Crippen molar-refractivity contribution < 1.29 is 0 Å². The van der Waals surface area contributed by atoms with E-state index in [0.717, 1.165) is 11.1 Å². The second-order valence-electron chi connectivity index (χ2n) is 2.36. The molecule has 0 fully saturated rings. The van der Waals surface area contributed by atoms with Crippen molar-refractivity contribution in [3.63, 3.8) is 0 Å². The second kappa shape index (κ2) is 3.13. The molecule has 0 aliphatic heterocycles. The van der Waals surface area contributed by atoms with Gasteiger partial charge in [-0.2, -0.15) is 0 Å².